The number of carboxylic acids is 1. The van der Waals surface area contributed by atoms with E-state index < -0.39 is 29.9 Å². The Morgan fingerprint density at radius 2 is 1.93 bits per heavy atom. The van der Waals surface area contributed by atoms with E-state index >= 15 is 0 Å². The Morgan fingerprint density at radius 1 is 1.21 bits per heavy atom. The van der Waals surface area contributed by atoms with Crippen molar-refractivity contribution in [2.45, 2.75) is 44.6 Å². The molecule has 0 bridgehead atoms. The van der Waals surface area contributed by atoms with E-state index in [0.29, 0.717) is 41.9 Å². The molecule has 2 aromatic carbocycles. The number of carboxylic acid groups (broad SMARTS) is 1. The molecule has 0 spiro atoms. The number of aliphatic carboxylic acids is 1. The molecule has 0 fully saturated rings. The van der Waals surface area contributed by atoms with Crippen LogP contribution in [0.5, 0.6) is 5.75 Å². The topological polar surface area (TPSA) is 55.8 Å². The van der Waals surface area contributed by atoms with Crippen molar-refractivity contribution in [1.29, 1.82) is 0 Å². The van der Waals surface area contributed by atoms with Crippen molar-refractivity contribution in [1.82, 2.24) is 0 Å². The summed E-state index contributed by atoms with van der Waals surface area (Å²) < 4.78 is 50.9. The highest BCUT2D eigenvalue weighted by molar-refractivity contribution is 5.67. The first kappa shape index (κ1) is 20.2. The van der Waals surface area contributed by atoms with Crippen molar-refractivity contribution in [3.8, 4) is 5.75 Å². The minimum absolute atomic E-state index is 0.149. The highest BCUT2D eigenvalue weighted by atomic mass is 19.4. The molecule has 0 aliphatic heterocycles. The Balaban J connectivity index is 1.75. The predicted octanol–water partition coefficient (Wildman–Crippen LogP) is 5.32. The second-order valence-electron chi connectivity index (χ2n) is 6.63. The first-order valence-electron chi connectivity index (χ1n) is 9.08. The van der Waals surface area contributed by atoms with E-state index in [9.17, 15) is 18.0 Å². The Kier molecular flexibility index (Phi) is 5.93. The van der Waals surface area contributed by atoms with Crippen molar-refractivity contribution >= 4 is 5.97 Å². The van der Waals surface area contributed by atoms with Gasteiger partial charge in [-0.3, -0.25) is 4.79 Å². The minimum Gasteiger partial charge on any atom is -0.486 e. The summed E-state index contributed by atoms with van der Waals surface area (Å²) in [6.45, 7) is 2.18. The zero-order valence-electron chi connectivity index (χ0n) is 15.3. The summed E-state index contributed by atoms with van der Waals surface area (Å²) >= 11 is 0. The number of fused-ring (bicyclic) bond motifs is 1. The summed E-state index contributed by atoms with van der Waals surface area (Å²) in [5, 5.41) is 9.00. The van der Waals surface area contributed by atoms with Gasteiger partial charge in [-0.15, -0.1) is 0 Å². The fraction of sp³-hybridized carbons (Fsp3) is 0.381. The van der Waals surface area contributed by atoms with Crippen molar-refractivity contribution in [2.75, 3.05) is 6.61 Å². The number of carbonyl (C=O) groups is 1. The van der Waals surface area contributed by atoms with Crippen LogP contribution in [0.3, 0.4) is 0 Å². The third-order valence-corrected chi connectivity index (χ3v) is 4.78. The van der Waals surface area contributed by atoms with Crippen molar-refractivity contribution in [2.24, 2.45) is 0 Å². The standard InChI is InChI=1S/C21H21F3O4/c1-2-27-19(12-20(25)26)13-6-8-14(9-7-13)28-18-11-10-15-16(18)4-3-5-17(15)21(22,23)24/h3-9,18-19H,2,10-12H2,1H3,(H,25,26)/t18-,19+/m1/s1. The number of hydrogen-bond acceptors (Lipinski definition) is 3. The van der Waals surface area contributed by atoms with E-state index in [1.807, 2.05) is 0 Å². The van der Waals surface area contributed by atoms with Crippen molar-refractivity contribution in [3.63, 3.8) is 0 Å². The van der Waals surface area contributed by atoms with Gasteiger partial charge in [0.25, 0.3) is 0 Å². The zero-order valence-corrected chi connectivity index (χ0v) is 15.3. The van der Waals surface area contributed by atoms with Crippen LogP contribution in [-0.4, -0.2) is 17.7 Å². The lowest BCUT2D eigenvalue weighted by Gasteiger charge is -2.18. The Bertz CT molecular complexity index is 831. The number of halogens is 3. The molecule has 3 rings (SSSR count). The summed E-state index contributed by atoms with van der Waals surface area (Å²) in [5.74, 6) is -0.439. The minimum atomic E-state index is -4.37. The van der Waals surface area contributed by atoms with Crippen LogP contribution in [0.1, 0.15) is 54.2 Å². The molecule has 0 heterocycles. The van der Waals surface area contributed by atoms with E-state index in [4.69, 9.17) is 14.6 Å². The first-order valence-corrected chi connectivity index (χ1v) is 9.08. The molecule has 0 saturated heterocycles. The second kappa shape index (κ2) is 8.22. The number of rotatable bonds is 7. The average molecular weight is 394 g/mol. The second-order valence-corrected chi connectivity index (χ2v) is 6.63. The lowest BCUT2D eigenvalue weighted by molar-refractivity contribution is -0.140. The zero-order chi connectivity index (χ0) is 20.3. The SMILES string of the molecule is CCO[C@@H](CC(=O)O)c1ccc(O[C@@H]2CCc3c2cccc3C(F)(F)F)cc1. The van der Waals surface area contributed by atoms with E-state index in [1.54, 1.807) is 37.3 Å². The van der Waals surface area contributed by atoms with Gasteiger partial charge in [0, 0.05) is 6.61 Å². The maximum Gasteiger partial charge on any atom is 0.416 e. The number of alkyl halides is 3. The Hall–Kier alpha value is -2.54. The molecule has 0 aromatic heterocycles. The molecule has 1 aliphatic carbocycles. The monoisotopic (exact) mass is 394 g/mol. The van der Waals surface area contributed by atoms with Gasteiger partial charge >= 0.3 is 12.1 Å². The third kappa shape index (κ3) is 4.47. The van der Waals surface area contributed by atoms with Crippen LogP contribution in [0.25, 0.3) is 0 Å². The van der Waals surface area contributed by atoms with Gasteiger partial charge in [-0.2, -0.15) is 13.2 Å². The number of hydrogen-bond donors (Lipinski definition) is 1. The maximum absolute atomic E-state index is 13.2. The molecule has 1 aliphatic rings. The maximum atomic E-state index is 13.2. The number of benzene rings is 2. The van der Waals surface area contributed by atoms with Crippen LogP contribution in [0.15, 0.2) is 42.5 Å². The van der Waals surface area contributed by atoms with Gasteiger partial charge in [0.15, 0.2) is 0 Å². The van der Waals surface area contributed by atoms with Crippen LogP contribution in [0.4, 0.5) is 13.2 Å². The molecule has 0 amide bonds. The van der Waals surface area contributed by atoms with Gasteiger partial charge < -0.3 is 14.6 Å². The lowest BCUT2D eigenvalue weighted by Crippen LogP contribution is -2.10. The highest BCUT2D eigenvalue weighted by Gasteiger charge is 2.37. The molecule has 4 nitrogen and oxygen atoms in total. The lowest BCUT2D eigenvalue weighted by atomic mass is 10.0. The number of ether oxygens (including phenoxy) is 2. The van der Waals surface area contributed by atoms with Gasteiger partial charge in [0.1, 0.15) is 11.9 Å². The predicted molar refractivity (Wildman–Crippen MR) is 96.2 cm³/mol. The molecule has 0 saturated carbocycles. The molecule has 1 N–H and O–H groups in total. The van der Waals surface area contributed by atoms with E-state index in [-0.39, 0.29) is 6.42 Å². The third-order valence-electron chi connectivity index (χ3n) is 4.78. The smallest absolute Gasteiger partial charge is 0.416 e. The van der Waals surface area contributed by atoms with Crippen LogP contribution < -0.4 is 4.74 Å². The summed E-state index contributed by atoms with van der Waals surface area (Å²) in [7, 11) is 0. The van der Waals surface area contributed by atoms with Gasteiger partial charge in [-0.1, -0.05) is 24.3 Å². The molecule has 2 aromatic rings. The van der Waals surface area contributed by atoms with Gasteiger partial charge in [0.2, 0.25) is 0 Å². The van der Waals surface area contributed by atoms with E-state index in [1.165, 1.54) is 6.07 Å². The largest absolute Gasteiger partial charge is 0.486 e. The van der Waals surface area contributed by atoms with Crippen LogP contribution in [-0.2, 0) is 22.1 Å². The molecule has 150 valence electrons. The average Bonchev–Trinajstić information content (AvgIpc) is 3.04. The van der Waals surface area contributed by atoms with Gasteiger partial charge in [0.05, 0.1) is 18.1 Å². The Morgan fingerprint density at radius 3 is 2.54 bits per heavy atom. The summed E-state index contributed by atoms with van der Waals surface area (Å²) in [5.41, 5.74) is 0.980. The summed E-state index contributed by atoms with van der Waals surface area (Å²) in [4.78, 5) is 11.0. The van der Waals surface area contributed by atoms with Gasteiger partial charge in [-0.25, -0.2) is 0 Å². The molecular formula is C21H21F3O4. The quantitative estimate of drug-likeness (QED) is 0.690. The molecule has 0 radical (unpaired) electrons. The fourth-order valence-corrected chi connectivity index (χ4v) is 3.56. The molecule has 7 heteroatoms. The normalized spacial score (nSPS) is 17.2. The molecule has 2 atom stereocenters. The summed E-state index contributed by atoms with van der Waals surface area (Å²) in [6, 6.07) is 11.0. The van der Waals surface area contributed by atoms with Crippen molar-refractivity contribution < 1.29 is 32.5 Å². The van der Waals surface area contributed by atoms with Crippen LogP contribution in [0.2, 0.25) is 0 Å². The highest BCUT2D eigenvalue weighted by Crippen LogP contribution is 2.42. The molecule has 0 unspecified atom stereocenters. The van der Waals surface area contributed by atoms with Crippen LogP contribution in [0, 0.1) is 0 Å². The molecule has 28 heavy (non-hydrogen) atoms. The van der Waals surface area contributed by atoms with Crippen LogP contribution >= 0.6 is 0 Å². The fourth-order valence-electron chi connectivity index (χ4n) is 3.56. The first-order chi connectivity index (χ1) is 13.3. The Labute approximate surface area is 160 Å². The van der Waals surface area contributed by atoms with E-state index in [0.717, 1.165) is 6.07 Å². The van der Waals surface area contributed by atoms with Crippen molar-refractivity contribution in [3.05, 3.63) is 64.7 Å². The van der Waals surface area contributed by atoms with Gasteiger partial charge in [-0.05, 0) is 54.7 Å². The summed E-state index contributed by atoms with van der Waals surface area (Å²) in [6.07, 6.45) is -4.73. The molecular weight excluding hydrogens is 373 g/mol. The van der Waals surface area contributed by atoms with E-state index in [2.05, 4.69) is 0 Å².